The molecule has 0 spiro atoms. The first-order chi connectivity index (χ1) is 4.89. The molecule has 2 unspecified atom stereocenters. The van der Waals surface area contributed by atoms with Crippen molar-refractivity contribution < 1.29 is 9.90 Å². The summed E-state index contributed by atoms with van der Waals surface area (Å²) in [6.07, 6.45) is 0. The van der Waals surface area contributed by atoms with Crippen LogP contribution in [0.25, 0.3) is 0 Å². The maximum atomic E-state index is 10.8. The molecule has 2 heteroatoms. The molecule has 1 aliphatic carbocycles. The van der Waals surface area contributed by atoms with E-state index in [9.17, 15) is 4.79 Å². The minimum absolute atomic E-state index is 0.375. The fourth-order valence-electron chi connectivity index (χ4n) is 2.12. The van der Waals surface area contributed by atoms with Crippen LogP contribution in [0.3, 0.4) is 0 Å². The van der Waals surface area contributed by atoms with Crippen molar-refractivity contribution in [2.75, 3.05) is 0 Å². The molecule has 0 heterocycles. The summed E-state index contributed by atoms with van der Waals surface area (Å²) in [6.45, 7) is 7.89. The zero-order valence-electron chi connectivity index (χ0n) is 7.59. The van der Waals surface area contributed by atoms with Gasteiger partial charge < -0.3 is 5.11 Å². The van der Waals surface area contributed by atoms with Gasteiger partial charge in [-0.15, -0.1) is 0 Å². The third kappa shape index (κ3) is 1.15. The summed E-state index contributed by atoms with van der Waals surface area (Å²) in [5.74, 6) is 0.876. The fraction of sp³-hybridized carbons (Fsp3) is 0.889. The molecule has 1 N–H and O–H groups in total. The number of carboxylic acid groups (broad SMARTS) is 1. The summed E-state index contributed by atoms with van der Waals surface area (Å²) in [5, 5.41) is 8.89. The second-order valence-corrected chi connectivity index (χ2v) is 4.27. The number of aliphatic carboxylic acids is 1. The predicted octanol–water partition coefficient (Wildman–Crippen LogP) is 2.00. The Bertz CT molecular complexity index is 176. The summed E-state index contributed by atoms with van der Waals surface area (Å²) >= 11 is 0. The van der Waals surface area contributed by atoms with Crippen LogP contribution in [0, 0.1) is 23.2 Å². The molecular formula is C9H16O2. The van der Waals surface area contributed by atoms with Crippen molar-refractivity contribution in [1.82, 2.24) is 0 Å². The molecule has 2 atom stereocenters. The lowest BCUT2D eigenvalue weighted by molar-refractivity contribution is -0.148. The number of hydrogen-bond donors (Lipinski definition) is 1. The Hall–Kier alpha value is -0.530. The first-order valence-electron chi connectivity index (χ1n) is 4.12. The molecule has 0 radical (unpaired) electrons. The molecule has 1 saturated carbocycles. The maximum absolute atomic E-state index is 10.8. The van der Waals surface area contributed by atoms with Crippen LogP contribution >= 0.6 is 0 Å². The van der Waals surface area contributed by atoms with E-state index in [0.29, 0.717) is 17.8 Å². The van der Waals surface area contributed by atoms with Crippen molar-refractivity contribution in [3.8, 4) is 0 Å². The Labute approximate surface area is 67.6 Å². The molecule has 0 aromatic carbocycles. The molecular weight excluding hydrogens is 140 g/mol. The average molecular weight is 156 g/mol. The Kier molecular flexibility index (Phi) is 1.73. The van der Waals surface area contributed by atoms with Crippen molar-refractivity contribution in [3.05, 3.63) is 0 Å². The SMILES string of the molecule is CC1C(C)C1C(C)(C)C(=O)O. The minimum atomic E-state index is -0.668. The van der Waals surface area contributed by atoms with E-state index >= 15 is 0 Å². The molecule has 64 valence electrons. The molecule has 0 amide bonds. The average Bonchev–Trinajstić information content (AvgIpc) is 2.41. The zero-order chi connectivity index (χ0) is 8.81. The zero-order valence-corrected chi connectivity index (χ0v) is 7.59. The van der Waals surface area contributed by atoms with E-state index < -0.39 is 11.4 Å². The quantitative estimate of drug-likeness (QED) is 0.664. The summed E-state index contributed by atoms with van der Waals surface area (Å²) in [5.41, 5.74) is -0.529. The van der Waals surface area contributed by atoms with E-state index in [2.05, 4.69) is 13.8 Å². The number of rotatable bonds is 2. The van der Waals surface area contributed by atoms with Gasteiger partial charge in [0.2, 0.25) is 0 Å². The molecule has 0 saturated heterocycles. The van der Waals surface area contributed by atoms with E-state index in [1.165, 1.54) is 0 Å². The third-order valence-corrected chi connectivity index (χ3v) is 3.21. The van der Waals surface area contributed by atoms with Gasteiger partial charge in [-0.1, -0.05) is 13.8 Å². The van der Waals surface area contributed by atoms with Gasteiger partial charge in [0.25, 0.3) is 0 Å². The lowest BCUT2D eigenvalue weighted by Gasteiger charge is -2.18. The Balaban J connectivity index is 2.68. The number of carboxylic acids is 1. The van der Waals surface area contributed by atoms with Crippen LogP contribution in [0.1, 0.15) is 27.7 Å². The van der Waals surface area contributed by atoms with Crippen molar-refractivity contribution in [3.63, 3.8) is 0 Å². The molecule has 0 bridgehead atoms. The maximum Gasteiger partial charge on any atom is 0.309 e. The van der Waals surface area contributed by atoms with E-state index in [1.807, 2.05) is 13.8 Å². The van der Waals surface area contributed by atoms with Crippen LogP contribution < -0.4 is 0 Å². The Morgan fingerprint density at radius 2 is 1.64 bits per heavy atom. The van der Waals surface area contributed by atoms with Gasteiger partial charge in [0, 0.05) is 0 Å². The van der Waals surface area contributed by atoms with E-state index in [4.69, 9.17) is 5.11 Å². The topological polar surface area (TPSA) is 37.3 Å². The van der Waals surface area contributed by atoms with Crippen LogP contribution in [0.2, 0.25) is 0 Å². The molecule has 1 aliphatic rings. The highest BCUT2D eigenvalue weighted by atomic mass is 16.4. The molecule has 0 aromatic rings. The lowest BCUT2D eigenvalue weighted by atomic mass is 9.86. The summed E-state index contributed by atoms with van der Waals surface area (Å²) in [4.78, 5) is 10.8. The van der Waals surface area contributed by atoms with Gasteiger partial charge in [-0.05, 0) is 31.6 Å². The minimum Gasteiger partial charge on any atom is -0.481 e. The molecule has 1 fully saturated rings. The van der Waals surface area contributed by atoms with Crippen LogP contribution in [0.5, 0.6) is 0 Å². The summed E-state index contributed by atoms with van der Waals surface area (Å²) in [7, 11) is 0. The summed E-state index contributed by atoms with van der Waals surface area (Å²) in [6, 6.07) is 0. The van der Waals surface area contributed by atoms with Gasteiger partial charge in [0.15, 0.2) is 0 Å². The highest BCUT2D eigenvalue weighted by Gasteiger charge is 2.55. The summed E-state index contributed by atoms with van der Waals surface area (Å²) < 4.78 is 0. The fourth-order valence-corrected chi connectivity index (χ4v) is 2.12. The van der Waals surface area contributed by atoms with Crippen molar-refractivity contribution in [1.29, 1.82) is 0 Å². The first kappa shape index (κ1) is 8.57. The second kappa shape index (κ2) is 2.23. The largest absolute Gasteiger partial charge is 0.481 e. The monoisotopic (exact) mass is 156 g/mol. The van der Waals surface area contributed by atoms with Gasteiger partial charge in [-0.3, -0.25) is 4.79 Å². The first-order valence-corrected chi connectivity index (χ1v) is 4.12. The molecule has 0 aromatic heterocycles. The normalized spacial score (nSPS) is 36.9. The molecule has 2 nitrogen and oxygen atoms in total. The highest BCUT2D eigenvalue weighted by molar-refractivity contribution is 5.74. The van der Waals surface area contributed by atoms with Crippen LogP contribution in [0.4, 0.5) is 0 Å². The molecule has 0 aliphatic heterocycles. The number of hydrogen-bond acceptors (Lipinski definition) is 1. The van der Waals surface area contributed by atoms with Crippen molar-refractivity contribution in [2.45, 2.75) is 27.7 Å². The van der Waals surface area contributed by atoms with Gasteiger partial charge in [-0.25, -0.2) is 0 Å². The van der Waals surface area contributed by atoms with Crippen LogP contribution in [-0.4, -0.2) is 11.1 Å². The molecule has 11 heavy (non-hydrogen) atoms. The Morgan fingerprint density at radius 1 is 1.27 bits per heavy atom. The predicted molar refractivity (Wildman–Crippen MR) is 43.2 cm³/mol. The van der Waals surface area contributed by atoms with Crippen LogP contribution in [0.15, 0.2) is 0 Å². The van der Waals surface area contributed by atoms with E-state index in [1.54, 1.807) is 0 Å². The van der Waals surface area contributed by atoms with E-state index in [-0.39, 0.29) is 0 Å². The van der Waals surface area contributed by atoms with Crippen LogP contribution in [-0.2, 0) is 4.79 Å². The third-order valence-electron chi connectivity index (χ3n) is 3.21. The van der Waals surface area contributed by atoms with E-state index in [0.717, 1.165) is 0 Å². The van der Waals surface area contributed by atoms with Gasteiger partial charge in [-0.2, -0.15) is 0 Å². The second-order valence-electron chi connectivity index (χ2n) is 4.27. The number of carbonyl (C=O) groups is 1. The molecule has 1 rings (SSSR count). The van der Waals surface area contributed by atoms with Gasteiger partial charge in [0.1, 0.15) is 0 Å². The van der Waals surface area contributed by atoms with Gasteiger partial charge in [0.05, 0.1) is 5.41 Å². The van der Waals surface area contributed by atoms with Gasteiger partial charge >= 0.3 is 5.97 Å². The Morgan fingerprint density at radius 3 is 1.73 bits per heavy atom. The lowest BCUT2D eigenvalue weighted by Crippen LogP contribution is -2.27. The van der Waals surface area contributed by atoms with Crippen molar-refractivity contribution in [2.24, 2.45) is 23.2 Å². The standard InChI is InChI=1S/C9H16O2/c1-5-6(2)7(5)9(3,4)8(10)11/h5-7H,1-4H3,(H,10,11). The highest BCUT2D eigenvalue weighted by Crippen LogP contribution is 2.55. The smallest absolute Gasteiger partial charge is 0.309 e. The van der Waals surface area contributed by atoms with Crippen molar-refractivity contribution >= 4 is 5.97 Å².